The van der Waals surface area contributed by atoms with E-state index in [9.17, 15) is 8.42 Å². The van der Waals surface area contributed by atoms with Gasteiger partial charge in [-0.2, -0.15) is 4.31 Å². The minimum absolute atomic E-state index is 0.0929. The van der Waals surface area contributed by atoms with Gasteiger partial charge in [0.15, 0.2) is 0 Å². The Bertz CT molecular complexity index is 305. The average Bonchev–Trinajstić information content (AvgIpc) is 2.93. The normalized spacial score (nSPS) is 23.9. The molecule has 2 rings (SSSR count). The predicted molar refractivity (Wildman–Crippen MR) is 60.0 cm³/mol. The minimum atomic E-state index is -3.02. The molecule has 2 N–H and O–H groups in total. The van der Waals surface area contributed by atoms with Crippen molar-refractivity contribution < 1.29 is 8.42 Å². The van der Waals surface area contributed by atoms with E-state index in [0.717, 1.165) is 38.5 Å². The molecule has 0 heterocycles. The Labute approximate surface area is 91.9 Å². The molecule has 2 aliphatic rings. The van der Waals surface area contributed by atoms with Gasteiger partial charge in [0.1, 0.15) is 0 Å². The Morgan fingerprint density at radius 3 is 2.20 bits per heavy atom. The van der Waals surface area contributed by atoms with Crippen LogP contribution in [0.3, 0.4) is 0 Å². The summed E-state index contributed by atoms with van der Waals surface area (Å²) in [5.74, 6) is 0. The molecule has 0 aliphatic heterocycles. The Balaban J connectivity index is 2.10. The van der Waals surface area contributed by atoms with E-state index in [1.807, 2.05) is 0 Å². The maximum atomic E-state index is 12.1. The minimum Gasteiger partial charge on any atom is -0.329 e. The molecule has 0 spiro atoms. The molecule has 15 heavy (non-hydrogen) atoms. The fourth-order valence-electron chi connectivity index (χ4n) is 2.39. The maximum absolute atomic E-state index is 12.1. The van der Waals surface area contributed by atoms with E-state index < -0.39 is 10.0 Å². The number of rotatable bonds is 5. The molecule has 0 unspecified atom stereocenters. The van der Waals surface area contributed by atoms with Crippen molar-refractivity contribution in [3.63, 3.8) is 0 Å². The lowest BCUT2D eigenvalue weighted by Crippen LogP contribution is -2.43. The molecule has 0 aromatic rings. The second-order valence-corrected chi connectivity index (χ2v) is 6.75. The standard InChI is InChI=1S/C10H20N2O2S/c11-7-8-12(9-3-1-2-4-9)15(13,14)10-5-6-10/h9-10H,1-8,11H2. The van der Waals surface area contributed by atoms with E-state index in [2.05, 4.69) is 0 Å². The van der Waals surface area contributed by atoms with Crippen molar-refractivity contribution in [1.29, 1.82) is 0 Å². The lowest BCUT2D eigenvalue weighted by atomic mass is 10.2. The van der Waals surface area contributed by atoms with Crippen LogP contribution in [0.5, 0.6) is 0 Å². The van der Waals surface area contributed by atoms with Crippen LogP contribution in [0, 0.1) is 0 Å². The van der Waals surface area contributed by atoms with Crippen molar-refractivity contribution in [1.82, 2.24) is 4.31 Å². The van der Waals surface area contributed by atoms with Crippen molar-refractivity contribution in [2.75, 3.05) is 13.1 Å². The van der Waals surface area contributed by atoms with Gasteiger partial charge in [0.2, 0.25) is 10.0 Å². The summed E-state index contributed by atoms with van der Waals surface area (Å²) in [6.45, 7) is 0.936. The summed E-state index contributed by atoms with van der Waals surface area (Å²) < 4.78 is 26.0. The van der Waals surface area contributed by atoms with Gasteiger partial charge in [0.05, 0.1) is 5.25 Å². The van der Waals surface area contributed by atoms with Crippen LogP contribution in [0.2, 0.25) is 0 Å². The first kappa shape index (κ1) is 11.4. The monoisotopic (exact) mass is 232 g/mol. The van der Waals surface area contributed by atoms with Crippen LogP contribution >= 0.6 is 0 Å². The molecule has 4 nitrogen and oxygen atoms in total. The Morgan fingerprint density at radius 2 is 1.73 bits per heavy atom. The van der Waals surface area contributed by atoms with Gasteiger partial charge < -0.3 is 5.73 Å². The van der Waals surface area contributed by atoms with Crippen LogP contribution in [-0.4, -0.2) is 37.1 Å². The third kappa shape index (κ3) is 2.34. The second kappa shape index (κ2) is 4.39. The largest absolute Gasteiger partial charge is 0.329 e. The Hall–Kier alpha value is -0.130. The fourth-order valence-corrected chi connectivity index (χ4v) is 4.50. The van der Waals surface area contributed by atoms with Crippen LogP contribution in [0.25, 0.3) is 0 Å². The molecule has 0 aromatic heterocycles. The maximum Gasteiger partial charge on any atom is 0.217 e. The van der Waals surface area contributed by atoms with Crippen molar-refractivity contribution in [3.8, 4) is 0 Å². The molecular weight excluding hydrogens is 212 g/mol. The first-order chi connectivity index (χ1) is 7.16. The summed E-state index contributed by atoms with van der Waals surface area (Å²) in [4.78, 5) is 0. The summed E-state index contributed by atoms with van der Waals surface area (Å²) in [7, 11) is -3.02. The zero-order valence-electron chi connectivity index (χ0n) is 9.06. The predicted octanol–water partition coefficient (Wildman–Crippen LogP) is 0.682. The van der Waals surface area contributed by atoms with Crippen molar-refractivity contribution in [3.05, 3.63) is 0 Å². The average molecular weight is 232 g/mol. The van der Waals surface area contributed by atoms with Crippen molar-refractivity contribution in [2.45, 2.75) is 49.8 Å². The highest BCUT2D eigenvalue weighted by molar-refractivity contribution is 7.90. The van der Waals surface area contributed by atoms with Gasteiger partial charge >= 0.3 is 0 Å². The molecule has 0 atom stereocenters. The highest BCUT2D eigenvalue weighted by Crippen LogP contribution is 2.34. The van der Waals surface area contributed by atoms with Gasteiger partial charge in [-0.1, -0.05) is 12.8 Å². The van der Waals surface area contributed by atoms with E-state index in [4.69, 9.17) is 5.73 Å². The molecule has 0 radical (unpaired) electrons. The van der Waals surface area contributed by atoms with E-state index in [1.54, 1.807) is 4.31 Å². The summed E-state index contributed by atoms with van der Waals surface area (Å²) >= 11 is 0. The topological polar surface area (TPSA) is 63.4 Å². The summed E-state index contributed by atoms with van der Waals surface area (Å²) in [5.41, 5.74) is 5.51. The van der Waals surface area contributed by atoms with E-state index >= 15 is 0 Å². The van der Waals surface area contributed by atoms with Crippen LogP contribution in [0.4, 0.5) is 0 Å². The third-order valence-electron chi connectivity index (χ3n) is 3.35. The third-order valence-corrected chi connectivity index (χ3v) is 5.80. The number of nitrogens with zero attached hydrogens (tertiary/aromatic N) is 1. The molecule has 0 saturated heterocycles. The van der Waals surface area contributed by atoms with E-state index in [0.29, 0.717) is 13.1 Å². The molecule has 0 amide bonds. The molecule has 2 fully saturated rings. The first-order valence-corrected chi connectivity index (χ1v) is 7.37. The molecular formula is C10H20N2O2S. The molecule has 2 aliphatic carbocycles. The quantitative estimate of drug-likeness (QED) is 0.758. The van der Waals surface area contributed by atoms with Crippen molar-refractivity contribution in [2.24, 2.45) is 5.73 Å². The number of sulfonamides is 1. The molecule has 2 saturated carbocycles. The lowest BCUT2D eigenvalue weighted by Gasteiger charge is -2.27. The van der Waals surface area contributed by atoms with Gasteiger partial charge in [-0.05, 0) is 25.7 Å². The van der Waals surface area contributed by atoms with E-state index in [-0.39, 0.29) is 11.3 Å². The van der Waals surface area contributed by atoms with Gasteiger partial charge in [-0.15, -0.1) is 0 Å². The number of hydrogen-bond donors (Lipinski definition) is 1. The summed E-state index contributed by atoms with van der Waals surface area (Å²) in [5, 5.41) is -0.0929. The SMILES string of the molecule is NCCN(C1CCCC1)S(=O)(=O)C1CC1. The van der Waals surface area contributed by atoms with Gasteiger partial charge in [0, 0.05) is 19.1 Å². The van der Waals surface area contributed by atoms with Gasteiger partial charge in [-0.25, -0.2) is 8.42 Å². The van der Waals surface area contributed by atoms with Crippen LogP contribution < -0.4 is 5.73 Å². The molecule has 0 aromatic carbocycles. The molecule has 0 bridgehead atoms. The van der Waals surface area contributed by atoms with E-state index in [1.165, 1.54) is 0 Å². The summed E-state index contributed by atoms with van der Waals surface area (Å²) in [6, 6.07) is 0.235. The molecule has 5 heteroatoms. The number of hydrogen-bond acceptors (Lipinski definition) is 3. The number of nitrogens with two attached hydrogens (primary N) is 1. The highest BCUT2D eigenvalue weighted by atomic mass is 32.2. The lowest BCUT2D eigenvalue weighted by molar-refractivity contribution is 0.328. The van der Waals surface area contributed by atoms with Crippen molar-refractivity contribution >= 4 is 10.0 Å². The van der Waals surface area contributed by atoms with Gasteiger partial charge in [0.25, 0.3) is 0 Å². The highest BCUT2D eigenvalue weighted by Gasteiger charge is 2.42. The Morgan fingerprint density at radius 1 is 1.13 bits per heavy atom. The zero-order chi connectivity index (χ0) is 10.9. The smallest absolute Gasteiger partial charge is 0.217 e. The van der Waals surface area contributed by atoms with Gasteiger partial charge in [-0.3, -0.25) is 0 Å². The Kier molecular flexibility index (Phi) is 3.33. The summed E-state index contributed by atoms with van der Waals surface area (Å²) in [6.07, 6.45) is 6.04. The molecule has 88 valence electrons. The second-order valence-electron chi connectivity index (χ2n) is 4.58. The van der Waals surface area contributed by atoms with Crippen LogP contribution in [-0.2, 0) is 10.0 Å². The van der Waals surface area contributed by atoms with Crippen LogP contribution in [0.15, 0.2) is 0 Å². The fraction of sp³-hybridized carbons (Fsp3) is 1.00. The first-order valence-electron chi connectivity index (χ1n) is 5.87. The zero-order valence-corrected chi connectivity index (χ0v) is 9.88. The van der Waals surface area contributed by atoms with Crippen LogP contribution in [0.1, 0.15) is 38.5 Å².